The fraction of sp³-hybridized carbons (Fsp3) is 0.500. The van der Waals surface area contributed by atoms with Crippen LogP contribution in [0.25, 0.3) is 0 Å². The Balaban J connectivity index is 3.11. The summed E-state index contributed by atoms with van der Waals surface area (Å²) in [6.07, 6.45) is 0. The lowest BCUT2D eigenvalue weighted by Gasteiger charge is -2.19. The molecule has 0 unspecified atom stereocenters. The fourth-order valence-electron chi connectivity index (χ4n) is 1.42. The lowest BCUT2D eigenvalue weighted by Crippen LogP contribution is -2.30. The zero-order valence-electron chi connectivity index (χ0n) is 8.63. The molecule has 84 valence electrons. The van der Waals surface area contributed by atoms with Crippen LogP contribution in [-0.4, -0.2) is 22.2 Å². The third-order valence-corrected chi connectivity index (χ3v) is 2.17. The van der Waals surface area contributed by atoms with E-state index in [1.807, 2.05) is 0 Å². The van der Waals surface area contributed by atoms with Gasteiger partial charge in [-0.15, -0.1) is 0 Å². The molecule has 0 fully saturated rings. The first-order valence-electron chi connectivity index (χ1n) is 4.52. The van der Waals surface area contributed by atoms with Crippen molar-refractivity contribution >= 4 is 0 Å². The number of hydrogen-bond acceptors (Lipinski definition) is 2. The van der Waals surface area contributed by atoms with Crippen molar-refractivity contribution in [2.75, 3.05) is 6.61 Å². The van der Waals surface area contributed by atoms with Crippen LogP contribution in [0.3, 0.4) is 0 Å². The van der Waals surface area contributed by atoms with Crippen LogP contribution in [0.4, 0.5) is 8.78 Å². The molecule has 0 radical (unpaired) electrons. The van der Waals surface area contributed by atoms with Crippen molar-refractivity contribution in [3.8, 4) is 0 Å². The average Bonchev–Trinajstić information content (AvgIpc) is 2.11. The maximum atomic E-state index is 13.0. The second-order valence-corrected chi connectivity index (χ2v) is 3.57. The van der Waals surface area contributed by atoms with E-state index >= 15 is 0 Å². The van der Waals surface area contributed by atoms with Crippen molar-refractivity contribution < 1.29 is 13.9 Å². The van der Waals surface area contributed by atoms with Gasteiger partial charge in [0.05, 0.1) is 6.54 Å². The Morgan fingerprint density at radius 2 is 1.80 bits per heavy atom. The summed E-state index contributed by atoms with van der Waals surface area (Å²) >= 11 is 0. The van der Waals surface area contributed by atoms with Crippen LogP contribution in [0.15, 0.2) is 16.9 Å². The van der Waals surface area contributed by atoms with Gasteiger partial charge in [0.15, 0.2) is 5.43 Å². The molecule has 1 heterocycles. The molecule has 1 N–H and O–H groups in total. The molecule has 15 heavy (non-hydrogen) atoms. The summed E-state index contributed by atoms with van der Waals surface area (Å²) in [6.45, 7) is 1.36. The van der Waals surface area contributed by atoms with E-state index in [2.05, 4.69) is 0 Å². The van der Waals surface area contributed by atoms with E-state index < -0.39 is 19.1 Å². The van der Waals surface area contributed by atoms with Gasteiger partial charge in [-0.05, 0) is 13.8 Å². The lowest BCUT2D eigenvalue weighted by atomic mass is 10.2. The number of nitrogens with zero attached hydrogens (tertiary/aromatic N) is 1. The Labute approximate surface area is 86.0 Å². The minimum Gasteiger partial charge on any atom is -0.390 e. The van der Waals surface area contributed by atoms with E-state index in [9.17, 15) is 13.6 Å². The molecule has 3 nitrogen and oxygen atoms in total. The first-order valence-corrected chi connectivity index (χ1v) is 4.52. The smallest absolute Gasteiger partial charge is 0.288 e. The quantitative estimate of drug-likeness (QED) is 0.823. The molecule has 0 spiro atoms. The second kappa shape index (κ2) is 4.10. The number of pyridine rings is 1. The summed E-state index contributed by atoms with van der Waals surface area (Å²) in [5.41, 5.74) is 0.731. The third-order valence-electron chi connectivity index (χ3n) is 2.17. The van der Waals surface area contributed by atoms with Gasteiger partial charge in [0.2, 0.25) is 0 Å². The molecule has 0 amide bonds. The summed E-state index contributed by atoms with van der Waals surface area (Å²) in [7, 11) is 0. The van der Waals surface area contributed by atoms with E-state index in [0.29, 0.717) is 11.4 Å². The molecule has 1 aromatic rings. The number of aliphatic hydroxyl groups excluding tert-OH is 1. The molecule has 0 aliphatic carbocycles. The molecule has 0 aliphatic heterocycles. The van der Waals surface area contributed by atoms with Gasteiger partial charge < -0.3 is 9.67 Å². The number of alkyl halides is 2. The van der Waals surface area contributed by atoms with Crippen LogP contribution in [0.2, 0.25) is 0 Å². The van der Waals surface area contributed by atoms with Gasteiger partial charge >= 0.3 is 0 Å². The average molecular weight is 217 g/mol. The first kappa shape index (κ1) is 11.8. The number of halogens is 2. The van der Waals surface area contributed by atoms with Crippen LogP contribution in [0.1, 0.15) is 11.4 Å². The maximum absolute atomic E-state index is 13.0. The van der Waals surface area contributed by atoms with E-state index in [1.54, 1.807) is 13.8 Å². The molecular formula is C10H13F2NO2. The van der Waals surface area contributed by atoms with Crippen molar-refractivity contribution in [1.29, 1.82) is 0 Å². The van der Waals surface area contributed by atoms with E-state index in [-0.39, 0.29) is 5.43 Å². The maximum Gasteiger partial charge on any atom is 0.288 e. The Morgan fingerprint density at radius 3 is 2.20 bits per heavy atom. The van der Waals surface area contributed by atoms with Crippen molar-refractivity contribution in [3.63, 3.8) is 0 Å². The van der Waals surface area contributed by atoms with Crippen molar-refractivity contribution in [2.45, 2.75) is 26.3 Å². The topological polar surface area (TPSA) is 42.2 Å². The van der Waals surface area contributed by atoms with Crippen LogP contribution in [-0.2, 0) is 6.54 Å². The van der Waals surface area contributed by atoms with Gasteiger partial charge in [-0.2, -0.15) is 0 Å². The summed E-state index contributed by atoms with van der Waals surface area (Å²) in [5.74, 6) is -3.16. The van der Waals surface area contributed by atoms with Gasteiger partial charge in [-0.1, -0.05) is 0 Å². The van der Waals surface area contributed by atoms with E-state index in [4.69, 9.17) is 5.11 Å². The Morgan fingerprint density at radius 1 is 1.33 bits per heavy atom. The Bertz CT molecular complexity index is 386. The Kier molecular flexibility index (Phi) is 3.24. The largest absolute Gasteiger partial charge is 0.390 e. The number of aromatic nitrogens is 1. The normalized spacial score (nSPS) is 11.8. The van der Waals surface area contributed by atoms with E-state index in [1.165, 1.54) is 16.7 Å². The molecule has 5 heteroatoms. The molecule has 0 bridgehead atoms. The molecule has 0 aromatic carbocycles. The summed E-state index contributed by atoms with van der Waals surface area (Å²) in [4.78, 5) is 11.0. The summed E-state index contributed by atoms with van der Waals surface area (Å²) in [6, 6.07) is 2.58. The van der Waals surface area contributed by atoms with Gasteiger partial charge in [0, 0.05) is 23.5 Å². The van der Waals surface area contributed by atoms with Crippen LogP contribution >= 0.6 is 0 Å². The predicted molar refractivity (Wildman–Crippen MR) is 52.2 cm³/mol. The number of aryl methyl sites for hydroxylation is 2. The highest BCUT2D eigenvalue weighted by molar-refractivity contribution is 5.12. The molecular weight excluding hydrogens is 204 g/mol. The monoisotopic (exact) mass is 217 g/mol. The van der Waals surface area contributed by atoms with Crippen molar-refractivity contribution in [1.82, 2.24) is 4.57 Å². The minimum absolute atomic E-state index is 0.200. The van der Waals surface area contributed by atoms with Crippen LogP contribution in [0.5, 0.6) is 0 Å². The predicted octanol–water partition coefficient (Wildman–Crippen LogP) is 1.09. The highest BCUT2D eigenvalue weighted by Crippen LogP contribution is 2.17. The highest BCUT2D eigenvalue weighted by atomic mass is 19.3. The minimum atomic E-state index is -3.16. The van der Waals surface area contributed by atoms with Gasteiger partial charge in [0.1, 0.15) is 6.61 Å². The molecule has 0 saturated carbocycles. The summed E-state index contributed by atoms with van der Waals surface area (Å²) in [5, 5.41) is 8.47. The molecule has 0 saturated heterocycles. The van der Waals surface area contributed by atoms with Crippen LogP contribution < -0.4 is 5.43 Å². The highest BCUT2D eigenvalue weighted by Gasteiger charge is 2.28. The number of hydrogen-bond donors (Lipinski definition) is 1. The summed E-state index contributed by atoms with van der Waals surface area (Å²) < 4.78 is 27.2. The number of aliphatic hydroxyl groups is 1. The third kappa shape index (κ3) is 2.86. The molecule has 1 aromatic heterocycles. The van der Waals surface area contributed by atoms with Crippen LogP contribution in [0, 0.1) is 13.8 Å². The van der Waals surface area contributed by atoms with Gasteiger partial charge in [0.25, 0.3) is 5.92 Å². The Hall–Kier alpha value is -1.23. The molecule has 0 atom stereocenters. The first-order chi connectivity index (χ1) is 6.85. The standard InChI is InChI=1S/C10H13F2NO2/c1-7-3-9(15)4-8(2)13(7)5-10(11,12)6-14/h3-4,14H,5-6H2,1-2H3. The lowest BCUT2D eigenvalue weighted by molar-refractivity contribution is -0.0637. The van der Waals surface area contributed by atoms with Gasteiger partial charge in [-0.3, -0.25) is 4.79 Å². The fourth-order valence-corrected chi connectivity index (χ4v) is 1.42. The number of rotatable bonds is 3. The van der Waals surface area contributed by atoms with E-state index in [0.717, 1.165) is 0 Å². The molecule has 1 rings (SSSR count). The van der Waals surface area contributed by atoms with Crippen molar-refractivity contribution in [3.05, 3.63) is 33.7 Å². The van der Waals surface area contributed by atoms with Crippen molar-refractivity contribution in [2.24, 2.45) is 0 Å². The zero-order chi connectivity index (χ0) is 11.6. The SMILES string of the molecule is Cc1cc(=O)cc(C)n1CC(F)(F)CO. The second-order valence-electron chi connectivity index (χ2n) is 3.57. The molecule has 0 aliphatic rings. The zero-order valence-corrected chi connectivity index (χ0v) is 8.63. The van der Waals surface area contributed by atoms with Gasteiger partial charge in [-0.25, -0.2) is 8.78 Å².